The molecule has 2 aromatic carbocycles. The summed E-state index contributed by atoms with van der Waals surface area (Å²) in [6, 6.07) is 7.67. The summed E-state index contributed by atoms with van der Waals surface area (Å²) >= 11 is 10.2. The minimum atomic E-state index is 0.260. The Hall–Kier alpha value is -0.0600. The lowest BCUT2D eigenvalue weighted by Gasteiger charge is -2.08. The molecule has 2 rings (SSSR count). The van der Waals surface area contributed by atoms with E-state index in [1.54, 1.807) is 0 Å². The predicted molar refractivity (Wildman–Crippen MR) is 68.7 cm³/mol. The summed E-state index contributed by atoms with van der Waals surface area (Å²) in [6.07, 6.45) is 0. The molecule has 2 aromatic rings. The Morgan fingerprint density at radius 1 is 0.786 bits per heavy atom. The van der Waals surface area contributed by atoms with Crippen molar-refractivity contribution in [1.82, 2.24) is 0 Å². The molecule has 0 amide bonds. The second kappa shape index (κ2) is 3.83. The van der Waals surface area contributed by atoms with Crippen molar-refractivity contribution in [2.45, 2.75) is 0 Å². The first-order chi connectivity index (χ1) is 6.63. The predicted octanol–water partition coefficient (Wildman–Crippen LogP) is 4.83. The van der Waals surface area contributed by atoms with Crippen LogP contribution in [0.5, 0.6) is 5.75 Å². The Balaban J connectivity index is 3.02. The van der Waals surface area contributed by atoms with E-state index in [2.05, 4.69) is 47.8 Å². The Morgan fingerprint density at radius 2 is 1.36 bits per heavy atom. The van der Waals surface area contributed by atoms with Crippen molar-refractivity contribution < 1.29 is 5.11 Å². The van der Waals surface area contributed by atoms with Gasteiger partial charge < -0.3 is 5.11 Å². The normalized spacial score (nSPS) is 10.8. The number of hydrogen-bond donors (Lipinski definition) is 1. The molecule has 14 heavy (non-hydrogen) atoms. The second-order valence-electron chi connectivity index (χ2n) is 2.84. The molecule has 1 nitrogen and oxygen atoms in total. The van der Waals surface area contributed by atoms with E-state index >= 15 is 0 Å². The molecule has 0 spiro atoms. The number of rotatable bonds is 0. The van der Waals surface area contributed by atoms with Crippen LogP contribution in [0.3, 0.4) is 0 Å². The van der Waals surface area contributed by atoms with Crippen molar-refractivity contribution in [3.8, 4) is 5.75 Å². The number of fused-ring (bicyclic) bond motifs is 1. The Labute approximate surface area is 107 Å². The zero-order valence-corrected chi connectivity index (χ0v) is 11.6. The molecule has 0 heterocycles. The molecule has 4 heteroatoms. The van der Waals surface area contributed by atoms with Gasteiger partial charge in [-0.3, -0.25) is 0 Å². The SMILES string of the molecule is Oc1c(Br)c(Br)c(Br)c2ccccc12. The molecule has 72 valence electrons. The van der Waals surface area contributed by atoms with Crippen LogP contribution in [-0.2, 0) is 0 Å². The lowest BCUT2D eigenvalue weighted by Crippen LogP contribution is -1.80. The third-order valence-corrected chi connectivity index (χ3v) is 5.46. The molecular formula is C10H5Br3O. The number of phenols is 1. The molecule has 0 aliphatic carbocycles. The van der Waals surface area contributed by atoms with Crippen LogP contribution < -0.4 is 0 Å². The van der Waals surface area contributed by atoms with Crippen molar-refractivity contribution in [3.05, 3.63) is 37.7 Å². The van der Waals surface area contributed by atoms with Gasteiger partial charge in [-0.15, -0.1) is 0 Å². The largest absolute Gasteiger partial charge is 0.506 e. The van der Waals surface area contributed by atoms with Crippen molar-refractivity contribution >= 4 is 58.6 Å². The first-order valence-electron chi connectivity index (χ1n) is 3.87. The molecule has 0 atom stereocenters. The van der Waals surface area contributed by atoms with Gasteiger partial charge in [0, 0.05) is 15.2 Å². The minimum absolute atomic E-state index is 0.260. The summed E-state index contributed by atoms with van der Waals surface area (Å²) in [5, 5.41) is 11.7. The van der Waals surface area contributed by atoms with E-state index in [0.29, 0.717) is 4.47 Å². The van der Waals surface area contributed by atoms with Crippen LogP contribution in [0.2, 0.25) is 0 Å². The zero-order chi connectivity index (χ0) is 10.3. The van der Waals surface area contributed by atoms with E-state index < -0.39 is 0 Å². The highest BCUT2D eigenvalue weighted by atomic mass is 79.9. The summed E-state index contributed by atoms with van der Waals surface area (Å²) in [5.41, 5.74) is 0. The fourth-order valence-electron chi connectivity index (χ4n) is 1.32. The van der Waals surface area contributed by atoms with Crippen LogP contribution in [0.1, 0.15) is 0 Å². The maximum Gasteiger partial charge on any atom is 0.138 e. The zero-order valence-electron chi connectivity index (χ0n) is 6.89. The Bertz CT molecular complexity index is 462. The lowest BCUT2D eigenvalue weighted by atomic mass is 10.1. The molecule has 0 aliphatic rings. The van der Waals surface area contributed by atoms with Crippen molar-refractivity contribution in [1.29, 1.82) is 0 Å². The van der Waals surface area contributed by atoms with Gasteiger partial charge in [0.1, 0.15) is 5.75 Å². The summed E-state index contributed by atoms with van der Waals surface area (Å²) in [7, 11) is 0. The lowest BCUT2D eigenvalue weighted by molar-refractivity contribution is 0.478. The molecule has 0 radical (unpaired) electrons. The van der Waals surface area contributed by atoms with Gasteiger partial charge in [-0.05, 0) is 47.8 Å². The van der Waals surface area contributed by atoms with Gasteiger partial charge in [0.05, 0.1) is 8.95 Å². The summed E-state index contributed by atoms with van der Waals surface area (Å²) in [6.45, 7) is 0. The van der Waals surface area contributed by atoms with Crippen LogP contribution in [0.4, 0.5) is 0 Å². The molecule has 0 bridgehead atoms. The smallest absolute Gasteiger partial charge is 0.138 e. The molecule has 0 saturated heterocycles. The van der Waals surface area contributed by atoms with Crippen molar-refractivity contribution in [2.24, 2.45) is 0 Å². The maximum atomic E-state index is 9.87. The van der Waals surface area contributed by atoms with Crippen LogP contribution in [0, 0.1) is 0 Å². The van der Waals surface area contributed by atoms with Gasteiger partial charge in [0.15, 0.2) is 0 Å². The fraction of sp³-hybridized carbons (Fsp3) is 0. The topological polar surface area (TPSA) is 20.2 Å². The standard InChI is InChI=1S/C10H5Br3O/c11-7-5-3-1-2-4-6(5)10(14)9(13)8(7)12/h1-4,14H. The number of halogens is 3. The fourth-order valence-corrected chi connectivity index (χ4v) is 2.94. The number of hydrogen-bond acceptors (Lipinski definition) is 1. The van der Waals surface area contributed by atoms with E-state index in [4.69, 9.17) is 0 Å². The van der Waals surface area contributed by atoms with Crippen LogP contribution >= 0.6 is 47.8 Å². The quantitative estimate of drug-likeness (QED) is 0.649. The first kappa shape index (κ1) is 10.5. The van der Waals surface area contributed by atoms with Crippen LogP contribution in [-0.4, -0.2) is 5.11 Å². The molecule has 0 saturated carbocycles. The van der Waals surface area contributed by atoms with Gasteiger partial charge in [-0.25, -0.2) is 0 Å². The Kier molecular flexibility index (Phi) is 2.86. The highest BCUT2D eigenvalue weighted by molar-refractivity contribution is 9.14. The van der Waals surface area contributed by atoms with Gasteiger partial charge in [0.25, 0.3) is 0 Å². The number of aromatic hydroxyl groups is 1. The number of benzene rings is 2. The third-order valence-electron chi connectivity index (χ3n) is 2.01. The molecule has 1 N–H and O–H groups in total. The van der Waals surface area contributed by atoms with Crippen LogP contribution in [0.25, 0.3) is 10.8 Å². The highest BCUT2D eigenvalue weighted by Gasteiger charge is 2.13. The summed E-state index contributed by atoms with van der Waals surface area (Å²) < 4.78 is 2.44. The van der Waals surface area contributed by atoms with Crippen molar-refractivity contribution in [3.63, 3.8) is 0 Å². The van der Waals surface area contributed by atoms with Gasteiger partial charge in [-0.1, -0.05) is 24.3 Å². The first-order valence-corrected chi connectivity index (χ1v) is 6.25. The summed E-state index contributed by atoms with van der Waals surface area (Å²) in [5.74, 6) is 0.260. The molecule has 0 fully saturated rings. The minimum Gasteiger partial charge on any atom is -0.506 e. The van der Waals surface area contributed by atoms with Gasteiger partial charge in [-0.2, -0.15) is 0 Å². The van der Waals surface area contributed by atoms with Gasteiger partial charge >= 0.3 is 0 Å². The van der Waals surface area contributed by atoms with Crippen LogP contribution in [0.15, 0.2) is 37.7 Å². The average molecular weight is 381 g/mol. The Morgan fingerprint density at radius 3 is 2.00 bits per heavy atom. The van der Waals surface area contributed by atoms with E-state index in [9.17, 15) is 5.11 Å². The van der Waals surface area contributed by atoms with E-state index in [1.807, 2.05) is 24.3 Å². The third kappa shape index (κ3) is 1.49. The highest BCUT2D eigenvalue weighted by Crippen LogP contribution is 2.44. The van der Waals surface area contributed by atoms with Crippen molar-refractivity contribution in [2.75, 3.05) is 0 Å². The second-order valence-corrected chi connectivity index (χ2v) is 5.22. The molecular weight excluding hydrogens is 376 g/mol. The molecule has 0 aromatic heterocycles. The maximum absolute atomic E-state index is 9.87. The monoisotopic (exact) mass is 378 g/mol. The summed E-state index contributed by atoms with van der Waals surface area (Å²) in [4.78, 5) is 0. The molecule has 0 unspecified atom stereocenters. The average Bonchev–Trinajstić information content (AvgIpc) is 2.23. The van der Waals surface area contributed by atoms with Gasteiger partial charge in [0.2, 0.25) is 0 Å². The number of phenolic OH excluding ortho intramolecular Hbond substituents is 1. The molecule has 0 aliphatic heterocycles. The van der Waals surface area contributed by atoms with E-state index in [1.165, 1.54) is 0 Å². The van der Waals surface area contributed by atoms with E-state index in [-0.39, 0.29) is 5.75 Å². The van der Waals surface area contributed by atoms with E-state index in [0.717, 1.165) is 19.7 Å².